The predicted octanol–water partition coefficient (Wildman–Crippen LogP) is 2.07. The Morgan fingerprint density at radius 2 is 2.00 bits per heavy atom. The fourth-order valence-electron chi connectivity index (χ4n) is 2.37. The maximum absolute atomic E-state index is 12.4. The molecule has 24 heavy (non-hydrogen) atoms. The van der Waals surface area contributed by atoms with Gasteiger partial charge in [-0.05, 0) is 38.3 Å². The molecule has 0 fully saturated rings. The molecule has 2 aromatic heterocycles. The van der Waals surface area contributed by atoms with Gasteiger partial charge in [-0.2, -0.15) is 4.98 Å². The third-order valence-corrected chi connectivity index (χ3v) is 4.01. The van der Waals surface area contributed by atoms with Crippen LogP contribution in [0.5, 0.6) is 0 Å². The van der Waals surface area contributed by atoms with Crippen LogP contribution in [-0.2, 0) is 13.5 Å². The SMILES string of the molecule is Cc1cc(C(=O)N[C@H](C)c2nc(CC(C)C)no2)c(=O)n(C)c1C. The average molecular weight is 332 g/mol. The number of rotatable bonds is 5. The molecule has 0 spiro atoms. The van der Waals surface area contributed by atoms with Crippen LogP contribution in [0.3, 0.4) is 0 Å². The molecule has 0 saturated heterocycles. The molecular weight excluding hydrogens is 308 g/mol. The van der Waals surface area contributed by atoms with Gasteiger partial charge in [0.1, 0.15) is 11.6 Å². The van der Waals surface area contributed by atoms with Crippen molar-refractivity contribution in [2.75, 3.05) is 0 Å². The molecule has 2 heterocycles. The number of aromatic nitrogens is 3. The molecule has 2 rings (SSSR count). The van der Waals surface area contributed by atoms with Gasteiger partial charge in [0.2, 0.25) is 5.89 Å². The van der Waals surface area contributed by atoms with Gasteiger partial charge < -0.3 is 14.4 Å². The molecule has 0 bridgehead atoms. The zero-order valence-electron chi connectivity index (χ0n) is 15.0. The lowest BCUT2D eigenvalue weighted by Crippen LogP contribution is -2.34. The average Bonchev–Trinajstić information content (AvgIpc) is 2.96. The van der Waals surface area contributed by atoms with Crippen LogP contribution in [0.15, 0.2) is 15.4 Å². The van der Waals surface area contributed by atoms with Gasteiger partial charge in [-0.25, -0.2) is 0 Å². The third-order valence-electron chi connectivity index (χ3n) is 4.01. The number of amides is 1. The molecule has 0 radical (unpaired) electrons. The summed E-state index contributed by atoms with van der Waals surface area (Å²) in [7, 11) is 1.65. The second kappa shape index (κ2) is 6.98. The van der Waals surface area contributed by atoms with E-state index in [0.717, 1.165) is 11.3 Å². The van der Waals surface area contributed by atoms with Crippen molar-refractivity contribution < 1.29 is 9.32 Å². The first-order chi connectivity index (χ1) is 11.2. The van der Waals surface area contributed by atoms with Crippen LogP contribution >= 0.6 is 0 Å². The van der Waals surface area contributed by atoms with E-state index < -0.39 is 11.9 Å². The highest BCUT2D eigenvalue weighted by Crippen LogP contribution is 2.13. The first kappa shape index (κ1) is 17.9. The smallest absolute Gasteiger partial charge is 0.263 e. The number of hydrogen-bond donors (Lipinski definition) is 1. The molecule has 0 aliphatic rings. The lowest BCUT2D eigenvalue weighted by molar-refractivity contribution is 0.0930. The summed E-state index contributed by atoms with van der Waals surface area (Å²) in [5, 5.41) is 6.66. The van der Waals surface area contributed by atoms with Crippen molar-refractivity contribution >= 4 is 5.91 Å². The molecule has 0 aliphatic carbocycles. The first-order valence-electron chi connectivity index (χ1n) is 8.01. The van der Waals surface area contributed by atoms with Gasteiger partial charge in [-0.15, -0.1) is 0 Å². The molecule has 0 saturated carbocycles. The largest absolute Gasteiger partial charge is 0.340 e. The summed E-state index contributed by atoms with van der Waals surface area (Å²) in [6, 6.07) is 1.13. The summed E-state index contributed by atoms with van der Waals surface area (Å²) in [5.74, 6) is 0.913. The predicted molar refractivity (Wildman–Crippen MR) is 89.9 cm³/mol. The molecule has 0 aromatic carbocycles. The fraction of sp³-hybridized carbons (Fsp3) is 0.529. The minimum Gasteiger partial charge on any atom is -0.340 e. The molecule has 1 atom stereocenters. The van der Waals surface area contributed by atoms with Crippen molar-refractivity contribution in [1.29, 1.82) is 0 Å². The first-order valence-corrected chi connectivity index (χ1v) is 8.01. The van der Waals surface area contributed by atoms with Gasteiger partial charge in [0.15, 0.2) is 5.82 Å². The van der Waals surface area contributed by atoms with Crippen molar-refractivity contribution in [1.82, 2.24) is 20.0 Å². The maximum atomic E-state index is 12.4. The van der Waals surface area contributed by atoms with Gasteiger partial charge in [0.05, 0.1) is 0 Å². The molecule has 0 aliphatic heterocycles. The lowest BCUT2D eigenvalue weighted by Gasteiger charge is -2.12. The van der Waals surface area contributed by atoms with Gasteiger partial charge in [-0.1, -0.05) is 19.0 Å². The van der Waals surface area contributed by atoms with E-state index in [1.165, 1.54) is 4.57 Å². The van der Waals surface area contributed by atoms with Crippen LogP contribution in [0.4, 0.5) is 0 Å². The lowest BCUT2D eigenvalue weighted by atomic mass is 10.1. The molecule has 7 heteroatoms. The molecule has 2 aromatic rings. The van der Waals surface area contributed by atoms with Crippen LogP contribution in [0, 0.1) is 19.8 Å². The van der Waals surface area contributed by atoms with Gasteiger partial charge in [-0.3, -0.25) is 9.59 Å². The van der Waals surface area contributed by atoms with Crippen molar-refractivity contribution in [2.24, 2.45) is 13.0 Å². The second-order valence-corrected chi connectivity index (χ2v) is 6.53. The highest BCUT2D eigenvalue weighted by molar-refractivity contribution is 5.94. The zero-order chi connectivity index (χ0) is 18.0. The molecule has 1 N–H and O–H groups in total. The number of hydrogen-bond acceptors (Lipinski definition) is 5. The highest BCUT2D eigenvalue weighted by Gasteiger charge is 2.20. The van der Waals surface area contributed by atoms with Crippen LogP contribution in [0.1, 0.15) is 60.1 Å². The van der Waals surface area contributed by atoms with Gasteiger partial charge in [0.25, 0.3) is 11.5 Å². The molecule has 1 amide bonds. The van der Waals surface area contributed by atoms with Crippen molar-refractivity contribution in [2.45, 2.75) is 47.1 Å². The van der Waals surface area contributed by atoms with Gasteiger partial charge >= 0.3 is 0 Å². The number of carbonyl (C=O) groups is 1. The Balaban J connectivity index is 2.18. The quantitative estimate of drug-likeness (QED) is 0.905. The number of nitrogens with zero attached hydrogens (tertiary/aromatic N) is 3. The fourth-order valence-corrected chi connectivity index (χ4v) is 2.37. The number of nitrogens with one attached hydrogen (secondary N) is 1. The van der Waals surface area contributed by atoms with E-state index in [9.17, 15) is 9.59 Å². The summed E-state index contributed by atoms with van der Waals surface area (Å²) in [6.45, 7) is 9.59. The Labute approximate surface area is 141 Å². The second-order valence-electron chi connectivity index (χ2n) is 6.53. The molecule has 130 valence electrons. The number of carbonyl (C=O) groups excluding carboxylic acids is 1. The summed E-state index contributed by atoms with van der Waals surface area (Å²) < 4.78 is 6.68. The summed E-state index contributed by atoms with van der Waals surface area (Å²) in [6.07, 6.45) is 0.710. The van der Waals surface area contributed by atoms with Crippen LogP contribution < -0.4 is 10.9 Å². The zero-order valence-corrected chi connectivity index (χ0v) is 15.0. The molecular formula is C17H24N4O3. The van der Waals surface area contributed by atoms with E-state index in [4.69, 9.17) is 4.52 Å². The minimum atomic E-state index is -0.475. The van der Waals surface area contributed by atoms with Crippen molar-refractivity contribution in [3.05, 3.63) is 45.0 Å². The Bertz CT molecular complexity index is 805. The van der Waals surface area contributed by atoms with E-state index in [2.05, 4.69) is 29.3 Å². The summed E-state index contributed by atoms with van der Waals surface area (Å²) in [5.41, 5.74) is 1.50. The van der Waals surface area contributed by atoms with E-state index >= 15 is 0 Å². The monoisotopic (exact) mass is 332 g/mol. The van der Waals surface area contributed by atoms with E-state index in [1.807, 2.05) is 13.8 Å². The highest BCUT2D eigenvalue weighted by atomic mass is 16.5. The van der Waals surface area contributed by atoms with Crippen LogP contribution in [-0.4, -0.2) is 20.6 Å². The topological polar surface area (TPSA) is 90.0 Å². The molecule has 7 nitrogen and oxygen atoms in total. The standard InChI is InChI=1S/C17H24N4O3/c1-9(2)7-14-19-16(24-20-14)11(4)18-15(22)13-8-10(3)12(5)21(6)17(13)23/h8-9,11H,7H2,1-6H3,(H,18,22)/t11-/m1/s1. The summed E-state index contributed by atoms with van der Waals surface area (Å²) >= 11 is 0. The number of pyridine rings is 1. The maximum Gasteiger partial charge on any atom is 0.263 e. The Morgan fingerprint density at radius 1 is 1.33 bits per heavy atom. The third kappa shape index (κ3) is 3.72. The summed E-state index contributed by atoms with van der Waals surface area (Å²) in [4.78, 5) is 29.0. The normalized spacial score (nSPS) is 12.5. The van der Waals surface area contributed by atoms with E-state index in [1.54, 1.807) is 20.0 Å². The Morgan fingerprint density at radius 3 is 2.62 bits per heavy atom. The van der Waals surface area contributed by atoms with E-state index in [0.29, 0.717) is 24.1 Å². The van der Waals surface area contributed by atoms with Crippen LogP contribution in [0.2, 0.25) is 0 Å². The minimum absolute atomic E-state index is 0.106. The molecule has 0 unspecified atom stereocenters. The Kier molecular flexibility index (Phi) is 5.21. The van der Waals surface area contributed by atoms with Crippen LogP contribution in [0.25, 0.3) is 0 Å². The van der Waals surface area contributed by atoms with Crippen molar-refractivity contribution in [3.8, 4) is 0 Å². The van der Waals surface area contributed by atoms with E-state index in [-0.39, 0.29) is 11.1 Å². The number of aryl methyl sites for hydroxylation is 1. The van der Waals surface area contributed by atoms with Gasteiger partial charge in [0, 0.05) is 19.2 Å². The Hall–Kier alpha value is -2.44. The van der Waals surface area contributed by atoms with Crippen molar-refractivity contribution in [3.63, 3.8) is 0 Å².